The second kappa shape index (κ2) is 5.26. The molecule has 0 unspecified atom stereocenters. The van der Waals surface area contributed by atoms with E-state index in [4.69, 9.17) is 4.74 Å². The largest absolute Gasteiger partial charge is 0.495 e. The van der Waals surface area contributed by atoms with Crippen LogP contribution in [0.15, 0.2) is 47.8 Å². The van der Waals surface area contributed by atoms with E-state index >= 15 is 0 Å². The third-order valence-electron chi connectivity index (χ3n) is 2.94. The summed E-state index contributed by atoms with van der Waals surface area (Å²) in [7, 11) is -2.74. The number of ether oxygens (including phenoxy) is 1. The van der Waals surface area contributed by atoms with Gasteiger partial charge in [-0.2, -0.15) is 5.10 Å². The van der Waals surface area contributed by atoms with Crippen molar-refractivity contribution < 1.29 is 17.5 Å². The van der Waals surface area contributed by atoms with E-state index in [1.54, 1.807) is 12.3 Å². The topological polar surface area (TPSA) is 85.6 Å². The molecule has 3 rings (SSSR count). The summed E-state index contributed by atoms with van der Waals surface area (Å²) in [5.74, 6) is -0.641. The Balaban J connectivity index is 2.06. The number of hydrogen-bond acceptors (Lipinski definition) is 5. The van der Waals surface area contributed by atoms with Crippen LogP contribution < -0.4 is 9.46 Å². The molecular weight excluding hydrogens is 311 g/mol. The number of anilines is 1. The molecule has 0 atom stereocenters. The summed E-state index contributed by atoms with van der Waals surface area (Å²) >= 11 is 0. The molecule has 3 aromatic rings. The second-order valence-electron chi connectivity index (χ2n) is 4.35. The predicted octanol–water partition coefficient (Wildman–Crippen LogP) is 1.68. The number of halogens is 1. The molecule has 22 heavy (non-hydrogen) atoms. The molecule has 0 saturated heterocycles. The van der Waals surface area contributed by atoms with Gasteiger partial charge in [-0.1, -0.05) is 0 Å². The Labute approximate surface area is 125 Å². The standard InChI is InChI=1S/C13H11FN4O3S/c1-21-11-4-3-9(14)7-12(11)22(19,20)17-10-8-16-18-6-2-5-15-13(10)18/h2-8,17H,1H3. The van der Waals surface area contributed by atoms with Crippen molar-refractivity contribution in [2.24, 2.45) is 0 Å². The number of sulfonamides is 1. The zero-order valence-electron chi connectivity index (χ0n) is 11.4. The van der Waals surface area contributed by atoms with Gasteiger partial charge in [-0.3, -0.25) is 4.72 Å². The summed E-state index contributed by atoms with van der Waals surface area (Å²) in [4.78, 5) is 3.75. The highest BCUT2D eigenvalue weighted by molar-refractivity contribution is 7.92. The van der Waals surface area contributed by atoms with Gasteiger partial charge in [-0.05, 0) is 24.3 Å². The van der Waals surface area contributed by atoms with Crippen molar-refractivity contribution in [2.45, 2.75) is 4.90 Å². The first-order valence-corrected chi connectivity index (χ1v) is 7.64. The molecule has 9 heteroatoms. The molecule has 0 bridgehead atoms. The van der Waals surface area contributed by atoms with E-state index in [0.717, 1.165) is 12.1 Å². The summed E-state index contributed by atoms with van der Waals surface area (Å²) in [5, 5.41) is 3.98. The molecule has 0 aliphatic carbocycles. The van der Waals surface area contributed by atoms with Crippen molar-refractivity contribution in [2.75, 3.05) is 11.8 Å². The molecule has 1 N–H and O–H groups in total. The first-order chi connectivity index (χ1) is 10.5. The van der Waals surface area contributed by atoms with E-state index in [9.17, 15) is 12.8 Å². The van der Waals surface area contributed by atoms with Crippen molar-refractivity contribution in [3.63, 3.8) is 0 Å². The minimum absolute atomic E-state index is 0.0401. The van der Waals surface area contributed by atoms with E-state index in [1.165, 1.54) is 30.1 Å². The summed E-state index contributed by atoms with van der Waals surface area (Å²) in [6.45, 7) is 0. The molecule has 0 fully saturated rings. The zero-order valence-corrected chi connectivity index (χ0v) is 12.2. The summed E-state index contributed by atoms with van der Waals surface area (Å²) in [6.07, 6.45) is 4.46. The van der Waals surface area contributed by atoms with Crippen LogP contribution in [0.1, 0.15) is 0 Å². The van der Waals surface area contributed by atoms with Crippen LogP contribution in [0.5, 0.6) is 5.75 Å². The van der Waals surface area contributed by atoms with Gasteiger partial charge in [0, 0.05) is 12.4 Å². The SMILES string of the molecule is COc1ccc(F)cc1S(=O)(=O)Nc1cnn2cccnc12. The van der Waals surface area contributed by atoms with Gasteiger partial charge in [0.15, 0.2) is 5.65 Å². The van der Waals surface area contributed by atoms with E-state index in [-0.39, 0.29) is 16.3 Å². The first-order valence-electron chi connectivity index (χ1n) is 6.16. The van der Waals surface area contributed by atoms with Crippen LogP contribution in [0.25, 0.3) is 5.65 Å². The fourth-order valence-electron chi connectivity index (χ4n) is 1.96. The van der Waals surface area contributed by atoms with Gasteiger partial charge in [-0.15, -0.1) is 0 Å². The molecule has 0 aliphatic heterocycles. The smallest absolute Gasteiger partial charge is 0.265 e. The molecule has 0 saturated carbocycles. The van der Waals surface area contributed by atoms with Crippen LogP contribution in [0.4, 0.5) is 10.1 Å². The maximum Gasteiger partial charge on any atom is 0.265 e. The number of hydrogen-bond donors (Lipinski definition) is 1. The molecule has 2 heterocycles. The van der Waals surface area contributed by atoms with Gasteiger partial charge in [0.2, 0.25) is 0 Å². The number of nitrogens with zero attached hydrogens (tertiary/aromatic N) is 3. The van der Waals surface area contributed by atoms with Crippen LogP contribution in [-0.4, -0.2) is 30.1 Å². The van der Waals surface area contributed by atoms with Crippen LogP contribution in [-0.2, 0) is 10.0 Å². The van der Waals surface area contributed by atoms with Crippen molar-refractivity contribution in [3.8, 4) is 5.75 Å². The fourth-order valence-corrected chi connectivity index (χ4v) is 3.19. The normalized spacial score (nSPS) is 11.5. The number of rotatable bonds is 4. The highest BCUT2D eigenvalue weighted by Crippen LogP contribution is 2.27. The van der Waals surface area contributed by atoms with Gasteiger partial charge >= 0.3 is 0 Å². The molecule has 0 amide bonds. The van der Waals surface area contributed by atoms with Crippen LogP contribution >= 0.6 is 0 Å². The maximum atomic E-state index is 13.4. The Morgan fingerprint density at radius 2 is 2.18 bits per heavy atom. The lowest BCUT2D eigenvalue weighted by Gasteiger charge is -2.10. The monoisotopic (exact) mass is 322 g/mol. The van der Waals surface area contributed by atoms with Gasteiger partial charge in [0.05, 0.1) is 13.3 Å². The fraction of sp³-hybridized carbons (Fsp3) is 0.0769. The summed E-state index contributed by atoms with van der Waals surface area (Å²) in [6, 6.07) is 4.92. The molecule has 0 aliphatic rings. The van der Waals surface area contributed by atoms with Gasteiger partial charge in [0.1, 0.15) is 22.1 Å². The summed E-state index contributed by atoms with van der Waals surface area (Å²) in [5.41, 5.74) is 0.522. The molecule has 1 aromatic carbocycles. The average molecular weight is 322 g/mol. The van der Waals surface area contributed by atoms with Crippen molar-refractivity contribution in [3.05, 3.63) is 48.7 Å². The first kappa shape index (κ1) is 14.3. The van der Waals surface area contributed by atoms with E-state index in [1.807, 2.05) is 0 Å². The quantitative estimate of drug-likeness (QED) is 0.790. The number of methoxy groups -OCH3 is 1. The summed E-state index contributed by atoms with van der Waals surface area (Å²) < 4.78 is 47.0. The Hall–Kier alpha value is -2.68. The van der Waals surface area contributed by atoms with Gasteiger partial charge in [-0.25, -0.2) is 22.3 Å². The van der Waals surface area contributed by atoms with Crippen molar-refractivity contribution in [1.82, 2.24) is 14.6 Å². The lowest BCUT2D eigenvalue weighted by molar-refractivity contribution is 0.401. The molecule has 0 radical (unpaired) electrons. The highest BCUT2D eigenvalue weighted by atomic mass is 32.2. The number of fused-ring (bicyclic) bond motifs is 1. The molecule has 0 spiro atoms. The van der Waals surface area contributed by atoms with E-state index < -0.39 is 15.8 Å². The third kappa shape index (κ3) is 2.46. The number of aromatic nitrogens is 3. The van der Waals surface area contributed by atoms with Crippen LogP contribution in [0, 0.1) is 5.82 Å². The lowest BCUT2D eigenvalue weighted by atomic mass is 10.3. The predicted molar refractivity (Wildman–Crippen MR) is 76.7 cm³/mol. The Morgan fingerprint density at radius 1 is 1.36 bits per heavy atom. The van der Waals surface area contributed by atoms with Crippen molar-refractivity contribution in [1.29, 1.82) is 0 Å². The molecule has 114 valence electrons. The van der Waals surface area contributed by atoms with Gasteiger partial charge in [0.25, 0.3) is 10.0 Å². The maximum absolute atomic E-state index is 13.4. The van der Waals surface area contributed by atoms with E-state index in [0.29, 0.717) is 5.65 Å². The highest BCUT2D eigenvalue weighted by Gasteiger charge is 2.22. The molecule has 2 aromatic heterocycles. The second-order valence-corrected chi connectivity index (χ2v) is 6.00. The van der Waals surface area contributed by atoms with Crippen LogP contribution in [0.2, 0.25) is 0 Å². The Morgan fingerprint density at radius 3 is 2.95 bits per heavy atom. The Kier molecular flexibility index (Phi) is 3.41. The third-order valence-corrected chi connectivity index (χ3v) is 4.33. The minimum Gasteiger partial charge on any atom is -0.495 e. The average Bonchev–Trinajstić information content (AvgIpc) is 2.90. The Bertz CT molecular complexity index is 939. The number of nitrogens with one attached hydrogen (secondary N) is 1. The lowest BCUT2D eigenvalue weighted by Crippen LogP contribution is -2.14. The van der Waals surface area contributed by atoms with E-state index in [2.05, 4.69) is 14.8 Å². The number of benzene rings is 1. The molecule has 7 nitrogen and oxygen atoms in total. The van der Waals surface area contributed by atoms with Crippen LogP contribution in [0.3, 0.4) is 0 Å². The molecular formula is C13H11FN4O3S. The minimum atomic E-state index is -4.05. The van der Waals surface area contributed by atoms with Crippen molar-refractivity contribution >= 4 is 21.4 Å². The van der Waals surface area contributed by atoms with Gasteiger partial charge < -0.3 is 4.74 Å². The zero-order chi connectivity index (χ0) is 15.7.